The Labute approximate surface area is 141 Å². The number of thiophene rings is 1. The van der Waals surface area contributed by atoms with Crippen molar-refractivity contribution in [3.63, 3.8) is 0 Å². The molecule has 0 amide bonds. The fraction of sp³-hybridized carbons (Fsp3) is 0.737. The van der Waals surface area contributed by atoms with Crippen LogP contribution < -0.4 is 0 Å². The van der Waals surface area contributed by atoms with Crippen LogP contribution in [0.25, 0.3) is 0 Å². The Kier molecular flexibility index (Phi) is 15.9. The number of hydrogen-bond acceptors (Lipinski definition) is 3. The first-order chi connectivity index (χ1) is 10.7. The maximum atomic E-state index is 10.7. The summed E-state index contributed by atoms with van der Waals surface area (Å²) in [6, 6.07) is 3.84. The molecule has 0 aliphatic carbocycles. The predicted molar refractivity (Wildman–Crippen MR) is 97.6 cm³/mol. The molecule has 0 fully saturated rings. The summed E-state index contributed by atoms with van der Waals surface area (Å²) >= 11 is 1.57. The van der Waals surface area contributed by atoms with Crippen LogP contribution in [0.2, 0.25) is 0 Å². The molecule has 0 atom stereocenters. The predicted octanol–water partition coefficient (Wildman–Crippen LogP) is 6.39. The lowest BCUT2D eigenvalue weighted by atomic mass is 10.1. The first kappa shape index (κ1) is 21.2. The SMILES string of the molecule is CCCCCCCCCCCC.COC(=O)Cc1cccs1. The Bertz CT molecular complexity index is 323. The molecule has 128 valence electrons. The first-order valence-electron chi connectivity index (χ1n) is 8.83. The lowest BCUT2D eigenvalue weighted by molar-refractivity contribution is -0.139. The Morgan fingerprint density at radius 1 is 0.955 bits per heavy atom. The Hall–Kier alpha value is -0.830. The van der Waals surface area contributed by atoms with Crippen molar-refractivity contribution in [2.24, 2.45) is 0 Å². The van der Waals surface area contributed by atoms with Crippen LogP contribution in [-0.2, 0) is 16.0 Å². The minimum absolute atomic E-state index is 0.178. The maximum Gasteiger partial charge on any atom is 0.310 e. The second-order valence-electron chi connectivity index (χ2n) is 5.66. The van der Waals surface area contributed by atoms with E-state index in [1.807, 2.05) is 17.5 Å². The minimum atomic E-state index is -0.178. The zero-order valence-corrected chi connectivity index (χ0v) is 15.6. The van der Waals surface area contributed by atoms with E-state index in [-0.39, 0.29) is 5.97 Å². The number of rotatable bonds is 11. The average Bonchev–Trinajstić information content (AvgIpc) is 3.03. The molecule has 1 aromatic rings. The summed E-state index contributed by atoms with van der Waals surface area (Å²) in [4.78, 5) is 11.7. The van der Waals surface area contributed by atoms with Crippen LogP contribution in [0.3, 0.4) is 0 Å². The molecule has 1 rings (SSSR count). The molecule has 1 aromatic heterocycles. The molecule has 0 aliphatic rings. The number of hydrogen-bond donors (Lipinski definition) is 0. The van der Waals surface area contributed by atoms with Gasteiger partial charge in [0.05, 0.1) is 13.5 Å². The van der Waals surface area contributed by atoms with E-state index in [2.05, 4.69) is 18.6 Å². The average molecular weight is 327 g/mol. The van der Waals surface area contributed by atoms with Gasteiger partial charge in [0, 0.05) is 4.88 Å². The van der Waals surface area contributed by atoms with Gasteiger partial charge in [-0.3, -0.25) is 4.79 Å². The third kappa shape index (κ3) is 14.1. The van der Waals surface area contributed by atoms with E-state index in [4.69, 9.17) is 0 Å². The van der Waals surface area contributed by atoms with Crippen molar-refractivity contribution in [3.8, 4) is 0 Å². The number of unbranched alkanes of at least 4 members (excludes halogenated alkanes) is 9. The molecule has 0 saturated heterocycles. The van der Waals surface area contributed by atoms with E-state index >= 15 is 0 Å². The van der Waals surface area contributed by atoms with Gasteiger partial charge in [0.1, 0.15) is 0 Å². The molecule has 3 heteroatoms. The van der Waals surface area contributed by atoms with Crippen molar-refractivity contribution in [2.75, 3.05) is 7.11 Å². The molecule has 0 spiro atoms. The third-order valence-corrected chi connectivity index (χ3v) is 4.46. The first-order valence-corrected chi connectivity index (χ1v) is 9.71. The summed E-state index contributed by atoms with van der Waals surface area (Å²) in [5, 5.41) is 1.94. The number of carbonyl (C=O) groups excluding carboxylic acids is 1. The van der Waals surface area contributed by atoms with Crippen LogP contribution >= 0.6 is 11.3 Å². The van der Waals surface area contributed by atoms with Gasteiger partial charge >= 0.3 is 5.97 Å². The molecular weight excluding hydrogens is 292 g/mol. The topological polar surface area (TPSA) is 26.3 Å². The van der Waals surface area contributed by atoms with Gasteiger partial charge in [-0.05, 0) is 11.4 Å². The molecule has 0 radical (unpaired) electrons. The zero-order valence-electron chi connectivity index (χ0n) is 14.7. The van der Waals surface area contributed by atoms with E-state index in [9.17, 15) is 4.79 Å². The molecular formula is C19H34O2S. The Balaban J connectivity index is 0.000000406. The third-order valence-electron chi connectivity index (χ3n) is 3.58. The number of esters is 1. The van der Waals surface area contributed by atoms with Crippen LogP contribution in [0, 0.1) is 0 Å². The van der Waals surface area contributed by atoms with Crippen molar-refractivity contribution in [3.05, 3.63) is 22.4 Å². The van der Waals surface area contributed by atoms with E-state index in [1.54, 1.807) is 11.3 Å². The van der Waals surface area contributed by atoms with Gasteiger partial charge in [-0.2, -0.15) is 0 Å². The van der Waals surface area contributed by atoms with Gasteiger partial charge in [-0.1, -0.05) is 84.1 Å². The smallest absolute Gasteiger partial charge is 0.310 e. The van der Waals surface area contributed by atoms with Gasteiger partial charge in [-0.25, -0.2) is 0 Å². The summed E-state index contributed by atoms with van der Waals surface area (Å²) in [5.41, 5.74) is 0. The van der Waals surface area contributed by atoms with Crippen LogP contribution in [0.1, 0.15) is 82.9 Å². The van der Waals surface area contributed by atoms with Crippen molar-refractivity contribution >= 4 is 17.3 Å². The van der Waals surface area contributed by atoms with Crippen LogP contribution in [0.15, 0.2) is 17.5 Å². The molecule has 0 aliphatic heterocycles. The Morgan fingerprint density at radius 3 is 1.82 bits per heavy atom. The molecule has 2 nitrogen and oxygen atoms in total. The van der Waals surface area contributed by atoms with Crippen molar-refractivity contribution in [2.45, 2.75) is 84.5 Å². The van der Waals surface area contributed by atoms with Gasteiger partial charge in [0.25, 0.3) is 0 Å². The summed E-state index contributed by atoms with van der Waals surface area (Å²) in [6.07, 6.45) is 14.8. The molecule has 0 unspecified atom stereocenters. The zero-order chi connectivity index (χ0) is 16.5. The van der Waals surface area contributed by atoms with Gasteiger partial charge < -0.3 is 4.74 Å². The number of ether oxygens (including phenoxy) is 1. The van der Waals surface area contributed by atoms with E-state index in [1.165, 1.54) is 71.3 Å². The lowest BCUT2D eigenvalue weighted by Gasteiger charge is -1.99. The van der Waals surface area contributed by atoms with E-state index in [0.717, 1.165) is 4.88 Å². The fourth-order valence-corrected chi connectivity index (χ4v) is 2.88. The molecule has 22 heavy (non-hydrogen) atoms. The normalized spacial score (nSPS) is 9.95. The number of carbonyl (C=O) groups is 1. The lowest BCUT2D eigenvalue weighted by Crippen LogP contribution is -2.02. The van der Waals surface area contributed by atoms with Crippen LogP contribution in [0.5, 0.6) is 0 Å². The summed E-state index contributed by atoms with van der Waals surface area (Å²) < 4.78 is 4.49. The number of methoxy groups -OCH3 is 1. The summed E-state index contributed by atoms with van der Waals surface area (Å²) in [6.45, 7) is 4.56. The molecule has 0 bridgehead atoms. The monoisotopic (exact) mass is 326 g/mol. The van der Waals surface area contributed by atoms with Crippen molar-refractivity contribution in [1.82, 2.24) is 0 Å². The van der Waals surface area contributed by atoms with Gasteiger partial charge in [0.15, 0.2) is 0 Å². The molecule has 1 heterocycles. The molecule has 0 N–H and O–H groups in total. The molecule has 0 saturated carbocycles. The Morgan fingerprint density at radius 2 is 1.45 bits per heavy atom. The minimum Gasteiger partial charge on any atom is -0.469 e. The second kappa shape index (κ2) is 16.5. The van der Waals surface area contributed by atoms with E-state index < -0.39 is 0 Å². The van der Waals surface area contributed by atoms with E-state index in [0.29, 0.717) is 6.42 Å². The van der Waals surface area contributed by atoms with Gasteiger partial charge in [-0.15, -0.1) is 11.3 Å². The standard InChI is InChI=1S/C12H26.C7H8O2S/c1-3-5-7-9-11-12-10-8-6-4-2;1-9-7(8)5-6-3-2-4-10-6/h3-12H2,1-2H3;2-4H,5H2,1H3. The maximum absolute atomic E-state index is 10.7. The van der Waals surface area contributed by atoms with Crippen LogP contribution in [0.4, 0.5) is 0 Å². The quantitative estimate of drug-likeness (QED) is 0.348. The highest BCUT2D eigenvalue weighted by molar-refractivity contribution is 7.10. The largest absolute Gasteiger partial charge is 0.469 e. The molecule has 0 aromatic carbocycles. The fourth-order valence-electron chi connectivity index (χ4n) is 2.19. The van der Waals surface area contributed by atoms with Crippen molar-refractivity contribution < 1.29 is 9.53 Å². The highest BCUT2D eigenvalue weighted by atomic mass is 32.1. The van der Waals surface area contributed by atoms with Crippen molar-refractivity contribution in [1.29, 1.82) is 0 Å². The summed E-state index contributed by atoms with van der Waals surface area (Å²) in [5.74, 6) is -0.178. The second-order valence-corrected chi connectivity index (χ2v) is 6.69. The van der Waals surface area contributed by atoms with Crippen LogP contribution in [-0.4, -0.2) is 13.1 Å². The summed E-state index contributed by atoms with van der Waals surface area (Å²) in [7, 11) is 1.40. The highest BCUT2D eigenvalue weighted by Crippen LogP contribution is 2.10. The highest BCUT2D eigenvalue weighted by Gasteiger charge is 2.01. The van der Waals surface area contributed by atoms with Gasteiger partial charge in [0.2, 0.25) is 0 Å².